The Hall–Kier alpha value is -1.45. The molecule has 0 aliphatic carbocycles. The summed E-state index contributed by atoms with van der Waals surface area (Å²) >= 11 is 0. The van der Waals surface area contributed by atoms with Gasteiger partial charge in [0, 0.05) is 12.2 Å². The number of ketones is 1. The first-order valence-corrected chi connectivity index (χ1v) is 2.28. The monoisotopic (exact) mass is 125 g/mol. The lowest BCUT2D eigenvalue weighted by Crippen LogP contribution is -2.26. The summed E-state index contributed by atoms with van der Waals surface area (Å²) in [6.07, 6.45) is 3.27. The van der Waals surface area contributed by atoms with E-state index < -0.39 is 11.7 Å². The van der Waals surface area contributed by atoms with E-state index in [1.807, 2.05) is 0 Å². The first kappa shape index (κ1) is 5.68. The Morgan fingerprint density at radius 3 is 2.56 bits per heavy atom. The Morgan fingerprint density at radius 1 is 1.44 bits per heavy atom. The second kappa shape index (κ2) is 1.81. The van der Waals surface area contributed by atoms with Crippen LogP contribution in [-0.4, -0.2) is 22.6 Å². The van der Waals surface area contributed by atoms with Crippen molar-refractivity contribution in [2.75, 3.05) is 0 Å². The molecule has 46 valence electrons. The Balaban J connectivity index is 3.00. The highest BCUT2D eigenvalue weighted by atomic mass is 16.5. The van der Waals surface area contributed by atoms with Crippen LogP contribution in [0, 0.1) is 5.21 Å². The number of hydroxylamine groups is 1. The molecule has 1 aliphatic heterocycles. The highest BCUT2D eigenvalue weighted by Gasteiger charge is 2.21. The molecule has 1 aliphatic rings. The van der Waals surface area contributed by atoms with Gasteiger partial charge in [-0.15, -0.1) is 4.74 Å². The largest absolute Gasteiger partial charge is 0.616 e. The Bertz CT molecular complexity index is 226. The minimum Gasteiger partial charge on any atom is -0.616 e. The number of nitrogens with zero attached hydrogens (tertiary/aromatic N) is 1. The van der Waals surface area contributed by atoms with Gasteiger partial charge in [-0.2, -0.15) is 0 Å². The second-order valence-corrected chi connectivity index (χ2v) is 1.50. The third-order valence-corrected chi connectivity index (χ3v) is 0.880. The molecule has 1 amide bonds. The van der Waals surface area contributed by atoms with Crippen molar-refractivity contribution in [2.45, 2.75) is 0 Å². The zero-order chi connectivity index (χ0) is 6.85. The van der Waals surface area contributed by atoms with Crippen LogP contribution in [0.1, 0.15) is 0 Å². The van der Waals surface area contributed by atoms with Gasteiger partial charge < -0.3 is 5.21 Å². The van der Waals surface area contributed by atoms with Crippen LogP contribution in [0.3, 0.4) is 0 Å². The first-order chi connectivity index (χ1) is 4.22. The first-order valence-electron chi connectivity index (χ1n) is 2.28. The molecular weight excluding hydrogens is 122 g/mol. The summed E-state index contributed by atoms with van der Waals surface area (Å²) in [4.78, 5) is 20.6. The van der Waals surface area contributed by atoms with Crippen LogP contribution in [0.25, 0.3) is 0 Å². The molecule has 0 saturated heterocycles. The van der Waals surface area contributed by atoms with Crippen LogP contribution in [0.4, 0.5) is 0 Å². The topological polar surface area (TPSA) is 60.2 Å². The molecule has 4 nitrogen and oxygen atoms in total. The van der Waals surface area contributed by atoms with Gasteiger partial charge in [-0.1, -0.05) is 0 Å². The summed E-state index contributed by atoms with van der Waals surface area (Å²) in [6, 6.07) is 0. The summed E-state index contributed by atoms with van der Waals surface area (Å²) in [5.74, 6) is -1.80. The van der Waals surface area contributed by atoms with E-state index >= 15 is 0 Å². The van der Waals surface area contributed by atoms with Crippen LogP contribution in [0.5, 0.6) is 0 Å². The van der Waals surface area contributed by atoms with E-state index in [0.29, 0.717) is 0 Å². The molecule has 4 heteroatoms. The fraction of sp³-hybridized carbons (Fsp3) is 0. The number of hydrogen-bond donors (Lipinski definition) is 0. The Morgan fingerprint density at radius 2 is 2.11 bits per heavy atom. The predicted molar refractivity (Wildman–Crippen MR) is 28.8 cm³/mol. The molecule has 1 heterocycles. The molecular formula is C5H3NO3. The van der Waals surface area contributed by atoms with Gasteiger partial charge in [0.15, 0.2) is 6.21 Å². The molecule has 0 N–H and O–H groups in total. The third-order valence-electron chi connectivity index (χ3n) is 0.880. The van der Waals surface area contributed by atoms with Crippen molar-refractivity contribution in [1.82, 2.24) is 0 Å². The Labute approximate surface area is 50.7 Å². The lowest BCUT2D eigenvalue weighted by atomic mass is 10.3. The van der Waals surface area contributed by atoms with Crippen LogP contribution >= 0.6 is 0 Å². The van der Waals surface area contributed by atoms with Crippen molar-refractivity contribution < 1.29 is 14.3 Å². The van der Waals surface area contributed by atoms with Crippen LogP contribution in [-0.2, 0) is 9.59 Å². The van der Waals surface area contributed by atoms with E-state index in [9.17, 15) is 14.8 Å². The minimum absolute atomic E-state index is 0.00231. The molecule has 0 fully saturated rings. The maximum atomic E-state index is 10.3. The van der Waals surface area contributed by atoms with E-state index in [0.717, 1.165) is 12.3 Å². The van der Waals surface area contributed by atoms with E-state index in [2.05, 4.69) is 0 Å². The summed E-state index contributed by atoms with van der Waals surface area (Å²) < 4.78 is 0.00231. The quantitative estimate of drug-likeness (QED) is 0.243. The molecule has 1 rings (SSSR count). The van der Waals surface area contributed by atoms with E-state index in [4.69, 9.17) is 0 Å². The fourth-order valence-corrected chi connectivity index (χ4v) is 0.456. The van der Waals surface area contributed by atoms with E-state index in [-0.39, 0.29) is 4.74 Å². The predicted octanol–water partition coefficient (Wildman–Crippen LogP) is -0.767. The zero-order valence-corrected chi connectivity index (χ0v) is 4.40. The molecule has 0 bridgehead atoms. The fourth-order valence-electron chi connectivity index (χ4n) is 0.456. The molecule has 0 radical (unpaired) electrons. The number of amides is 1. The molecule has 9 heavy (non-hydrogen) atoms. The van der Waals surface area contributed by atoms with Gasteiger partial charge >= 0.3 is 5.91 Å². The molecule has 0 spiro atoms. The lowest BCUT2D eigenvalue weighted by molar-refractivity contribution is -0.371. The number of allylic oxidation sites excluding steroid dienone is 1. The average molecular weight is 125 g/mol. The van der Waals surface area contributed by atoms with Gasteiger partial charge in [-0.3, -0.25) is 4.79 Å². The molecule has 0 atom stereocenters. The van der Waals surface area contributed by atoms with E-state index in [1.165, 1.54) is 6.08 Å². The minimum atomic E-state index is -1.03. The van der Waals surface area contributed by atoms with Crippen molar-refractivity contribution >= 4 is 17.9 Å². The van der Waals surface area contributed by atoms with Gasteiger partial charge in [0.05, 0.1) is 0 Å². The van der Waals surface area contributed by atoms with Crippen molar-refractivity contribution in [1.29, 1.82) is 0 Å². The summed E-state index contributed by atoms with van der Waals surface area (Å²) in [7, 11) is 0. The second-order valence-electron chi connectivity index (χ2n) is 1.50. The van der Waals surface area contributed by atoms with Gasteiger partial charge in [0.2, 0.25) is 0 Å². The normalized spacial score (nSPS) is 18.0. The standard InChI is InChI=1S/C5H3NO3/c7-4-2-1-3-6(9)5(4)8/h1-3H. The highest BCUT2D eigenvalue weighted by Crippen LogP contribution is 1.86. The van der Waals surface area contributed by atoms with E-state index in [1.54, 1.807) is 0 Å². The average Bonchev–Trinajstić information content (AvgIpc) is 1.83. The Kier molecular flexibility index (Phi) is 1.14. The summed E-state index contributed by atoms with van der Waals surface area (Å²) in [5, 5.41) is 10.2. The maximum absolute atomic E-state index is 10.3. The summed E-state index contributed by atoms with van der Waals surface area (Å²) in [6.45, 7) is 0. The third kappa shape index (κ3) is 0.861. The van der Waals surface area contributed by atoms with Crippen molar-refractivity contribution in [3.8, 4) is 0 Å². The van der Waals surface area contributed by atoms with Gasteiger partial charge in [-0.05, 0) is 0 Å². The smallest absolute Gasteiger partial charge is 0.470 e. The molecule has 0 aromatic rings. The summed E-state index contributed by atoms with van der Waals surface area (Å²) in [5.41, 5.74) is 0. The molecule has 0 aromatic heterocycles. The van der Waals surface area contributed by atoms with Gasteiger partial charge in [0.1, 0.15) is 0 Å². The highest BCUT2D eigenvalue weighted by molar-refractivity contribution is 6.39. The SMILES string of the molecule is O=C1C=CC=[N+]([O-])C1=O. The van der Waals surface area contributed by atoms with Crippen molar-refractivity contribution in [3.63, 3.8) is 0 Å². The maximum Gasteiger partial charge on any atom is 0.470 e. The van der Waals surface area contributed by atoms with Gasteiger partial charge in [0.25, 0.3) is 5.78 Å². The van der Waals surface area contributed by atoms with Crippen LogP contribution in [0.15, 0.2) is 12.2 Å². The number of rotatable bonds is 0. The van der Waals surface area contributed by atoms with Crippen molar-refractivity contribution in [3.05, 3.63) is 17.4 Å². The van der Waals surface area contributed by atoms with Crippen LogP contribution < -0.4 is 0 Å². The van der Waals surface area contributed by atoms with Gasteiger partial charge in [-0.25, -0.2) is 4.79 Å². The number of carbonyl (C=O) groups excluding carboxylic acids is 2. The number of hydrogen-bond acceptors (Lipinski definition) is 3. The van der Waals surface area contributed by atoms with Crippen LogP contribution in [0.2, 0.25) is 0 Å². The van der Waals surface area contributed by atoms with Crippen molar-refractivity contribution in [2.24, 2.45) is 0 Å². The molecule has 0 saturated carbocycles. The zero-order valence-electron chi connectivity index (χ0n) is 4.40. The molecule has 0 aromatic carbocycles. The number of carbonyl (C=O) groups is 2. The molecule has 0 unspecified atom stereocenters. The lowest BCUT2D eigenvalue weighted by Gasteiger charge is -1.98.